The summed E-state index contributed by atoms with van der Waals surface area (Å²) in [5.74, 6) is 0. The van der Waals surface area contributed by atoms with Crippen molar-refractivity contribution in [2.75, 3.05) is 0 Å². The third kappa shape index (κ3) is 2.23. The van der Waals surface area contributed by atoms with E-state index >= 15 is 0 Å². The van der Waals surface area contributed by atoms with Crippen LogP contribution < -0.4 is 11.2 Å². The number of hydrogen-bond acceptors (Lipinski definition) is 3. The third-order valence-electron chi connectivity index (χ3n) is 2.63. The first-order valence-electron chi connectivity index (χ1n) is 6.19. The van der Waals surface area contributed by atoms with Gasteiger partial charge in [0.25, 0.3) is 5.56 Å². The second-order valence-electron chi connectivity index (χ2n) is 4.87. The molecule has 0 radical (unpaired) electrons. The van der Waals surface area contributed by atoms with E-state index in [4.69, 9.17) is 4.42 Å². The van der Waals surface area contributed by atoms with Crippen LogP contribution in [0.5, 0.6) is 0 Å². The predicted molar refractivity (Wildman–Crippen MR) is 71.6 cm³/mol. The molecule has 0 spiro atoms. The van der Waals surface area contributed by atoms with Crippen molar-refractivity contribution in [1.82, 2.24) is 4.57 Å². The lowest BCUT2D eigenvalue weighted by molar-refractivity contribution is 0.400. The fraction of sp³-hybridized carbons (Fsp3) is 0.429. The third-order valence-corrected chi connectivity index (χ3v) is 2.63. The van der Waals surface area contributed by atoms with Crippen LogP contribution in [0.3, 0.4) is 0 Å². The van der Waals surface area contributed by atoms with Gasteiger partial charge in [0.1, 0.15) is 5.58 Å². The number of hydrogen-bond donors (Lipinski definition) is 0. The molecule has 0 fully saturated rings. The van der Waals surface area contributed by atoms with E-state index in [1.54, 1.807) is 16.7 Å². The quantitative estimate of drug-likeness (QED) is 0.817. The molecule has 0 amide bonds. The fourth-order valence-electron chi connectivity index (χ4n) is 1.86. The molecule has 0 saturated heterocycles. The van der Waals surface area contributed by atoms with Gasteiger partial charge in [-0.1, -0.05) is 12.1 Å². The topological polar surface area (TPSA) is 47.5 Å². The molecule has 0 aliphatic rings. The van der Waals surface area contributed by atoms with Crippen LogP contribution in [0.1, 0.15) is 33.7 Å². The molecule has 4 heteroatoms. The van der Waals surface area contributed by atoms with Crippen LogP contribution in [0.15, 0.2) is 38.5 Å². The summed E-state index contributed by atoms with van der Waals surface area (Å²) in [6, 6.07) is 7.36. The van der Waals surface area contributed by atoms with Gasteiger partial charge in [0.2, 0.25) is 0 Å². The standard InChI is InChI=1S/C14H18N2O2/c1-9(2)15-14-16(10(3)4)13(17)11-7-5-6-8-12(11)18-14/h5-10H,1-4H3. The van der Waals surface area contributed by atoms with Crippen LogP contribution in [0, 0.1) is 0 Å². The summed E-state index contributed by atoms with van der Waals surface area (Å²) in [5.41, 5.74) is 0.925. The van der Waals surface area contributed by atoms with Crippen molar-refractivity contribution in [1.29, 1.82) is 0 Å². The minimum atomic E-state index is -0.0498. The van der Waals surface area contributed by atoms with Crippen LogP contribution in [-0.2, 0) is 0 Å². The first-order valence-corrected chi connectivity index (χ1v) is 6.19. The van der Waals surface area contributed by atoms with E-state index < -0.39 is 0 Å². The SMILES string of the molecule is CC(C)N=c1oc2ccccc2c(=O)n1C(C)C. The highest BCUT2D eigenvalue weighted by Gasteiger charge is 2.10. The molecule has 96 valence electrons. The number of nitrogens with zero attached hydrogens (tertiary/aromatic N) is 2. The zero-order valence-corrected chi connectivity index (χ0v) is 11.2. The van der Waals surface area contributed by atoms with Crippen molar-refractivity contribution in [2.24, 2.45) is 4.99 Å². The first-order chi connectivity index (χ1) is 8.50. The van der Waals surface area contributed by atoms with Gasteiger partial charge in [-0.05, 0) is 39.8 Å². The summed E-state index contributed by atoms with van der Waals surface area (Å²) in [7, 11) is 0. The average molecular weight is 246 g/mol. The van der Waals surface area contributed by atoms with Gasteiger partial charge in [-0.2, -0.15) is 0 Å². The lowest BCUT2D eigenvalue weighted by atomic mass is 10.2. The second-order valence-corrected chi connectivity index (χ2v) is 4.87. The van der Waals surface area contributed by atoms with Gasteiger partial charge < -0.3 is 4.42 Å². The van der Waals surface area contributed by atoms with E-state index in [1.807, 2.05) is 39.8 Å². The van der Waals surface area contributed by atoms with E-state index in [2.05, 4.69) is 4.99 Å². The number of rotatable bonds is 2. The van der Waals surface area contributed by atoms with Crippen LogP contribution in [0.25, 0.3) is 11.0 Å². The highest BCUT2D eigenvalue weighted by molar-refractivity contribution is 5.74. The molecular weight excluding hydrogens is 228 g/mol. The summed E-state index contributed by atoms with van der Waals surface area (Å²) >= 11 is 0. The molecule has 2 aromatic rings. The Morgan fingerprint density at radius 1 is 1.17 bits per heavy atom. The van der Waals surface area contributed by atoms with E-state index in [9.17, 15) is 4.79 Å². The Hall–Kier alpha value is -1.84. The highest BCUT2D eigenvalue weighted by Crippen LogP contribution is 2.08. The van der Waals surface area contributed by atoms with E-state index in [-0.39, 0.29) is 17.6 Å². The summed E-state index contributed by atoms with van der Waals surface area (Å²) in [6.07, 6.45) is 0. The molecule has 1 heterocycles. The summed E-state index contributed by atoms with van der Waals surface area (Å²) in [4.78, 5) is 16.8. The van der Waals surface area contributed by atoms with Crippen LogP contribution in [-0.4, -0.2) is 10.6 Å². The maximum atomic E-state index is 12.4. The van der Waals surface area contributed by atoms with Crippen LogP contribution in [0.4, 0.5) is 0 Å². The smallest absolute Gasteiger partial charge is 0.300 e. The van der Waals surface area contributed by atoms with Crippen molar-refractivity contribution in [2.45, 2.75) is 39.8 Å². The predicted octanol–water partition coefficient (Wildman–Crippen LogP) is 2.48. The normalized spacial score (nSPS) is 12.9. The molecule has 0 bridgehead atoms. The number of fused-ring (bicyclic) bond motifs is 1. The lowest BCUT2D eigenvalue weighted by Crippen LogP contribution is -2.35. The van der Waals surface area contributed by atoms with E-state index in [0.717, 1.165) is 0 Å². The van der Waals surface area contributed by atoms with Crippen molar-refractivity contribution in [3.8, 4) is 0 Å². The van der Waals surface area contributed by atoms with E-state index in [0.29, 0.717) is 16.7 Å². The average Bonchev–Trinajstić information content (AvgIpc) is 2.27. The maximum Gasteiger partial charge on any atom is 0.300 e. The molecule has 1 aromatic heterocycles. The molecule has 18 heavy (non-hydrogen) atoms. The Kier molecular flexibility index (Phi) is 3.36. The zero-order chi connectivity index (χ0) is 13.3. The Labute approximate surface area is 106 Å². The van der Waals surface area contributed by atoms with Gasteiger partial charge in [-0.15, -0.1) is 0 Å². The number of para-hydroxylation sites is 1. The molecule has 0 N–H and O–H groups in total. The molecule has 4 nitrogen and oxygen atoms in total. The van der Waals surface area contributed by atoms with Gasteiger partial charge in [0.15, 0.2) is 0 Å². The van der Waals surface area contributed by atoms with Gasteiger partial charge in [-0.25, -0.2) is 4.99 Å². The van der Waals surface area contributed by atoms with Crippen molar-refractivity contribution in [3.05, 3.63) is 40.3 Å². The largest absolute Gasteiger partial charge is 0.425 e. The van der Waals surface area contributed by atoms with Crippen molar-refractivity contribution >= 4 is 11.0 Å². The first kappa shape index (κ1) is 12.6. The van der Waals surface area contributed by atoms with Crippen molar-refractivity contribution < 1.29 is 4.42 Å². The number of aromatic nitrogens is 1. The second kappa shape index (κ2) is 4.80. The van der Waals surface area contributed by atoms with Gasteiger partial charge in [-0.3, -0.25) is 9.36 Å². The molecule has 0 unspecified atom stereocenters. The Morgan fingerprint density at radius 2 is 1.83 bits per heavy atom. The maximum absolute atomic E-state index is 12.4. The molecule has 0 aliphatic carbocycles. The molecule has 2 rings (SSSR count). The van der Waals surface area contributed by atoms with E-state index in [1.165, 1.54) is 0 Å². The molecular formula is C14H18N2O2. The minimum Gasteiger partial charge on any atom is -0.425 e. The van der Waals surface area contributed by atoms with Crippen molar-refractivity contribution in [3.63, 3.8) is 0 Å². The minimum absolute atomic E-state index is 0.0170. The summed E-state index contributed by atoms with van der Waals surface area (Å²) < 4.78 is 7.34. The highest BCUT2D eigenvalue weighted by atomic mass is 16.3. The zero-order valence-electron chi connectivity index (χ0n) is 11.2. The van der Waals surface area contributed by atoms with Gasteiger partial charge >= 0.3 is 5.68 Å². The van der Waals surface area contributed by atoms with Crippen LogP contribution >= 0.6 is 0 Å². The molecule has 0 saturated carbocycles. The van der Waals surface area contributed by atoms with Gasteiger partial charge in [0, 0.05) is 12.1 Å². The molecule has 0 atom stereocenters. The lowest BCUT2D eigenvalue weighted by Gasteiger charge is -2.11. The Morgan fingerprint density at radius 3 is 2.44 bits per heavy atom. The Balaban J connectivity index is 2.93. The molecule has 0 aliphatic heterocycles. The fourth-order valence-corrected chi connectivity index (χ4v) is 1.86. The Bertz CT molecular complexity index is 678. The van der Waals surface area contributed by atoms with Gasteiger partial charge in [0.05, 0.1) is 5.39 Å². The number of benzene rings is 1. The molecule has 1 aromatic carbocycles. The monoisotopic (exact) mass is 246 g/mol. The summed E-state index contributed by atoms with van der Waals surface area (Å²) in [6.45, 7) is 7.82. The summed E-state index contributed by atoms with van der Waals surface area (Å²) in [5, 5.41) is 0.592. The van der Waals surface area contributed by atoms with Crippen LogP contribution in [0.2, 0.25) is 0 Å².